The molecule has 0 fully saturated rings. The Labute approximate surface area is 222 Å². The van der Waals surface area contributed by atoms with Gasteiger partial charge in [-0.25, -0.2) is 0 Å². The molecule has 2 aromatic carbocycles. The van der Waals surface area contributed by atoms with Crippen LogP contribution in [-0.4, -0.2) is 54.8 Å². The number of carbonyl (C=O) groups is 3. The molecule has 3 N–H and O–H groups in total. The molecule has 7 nitrogen and oxygen atoms in total. The second-order valence-electron chi connectivity index (χ2n) is 9.91. The molecule has 37 heavy (non-hydrogen) atoms. The molecule has 2 rings (SSSR count). The van der Waals surface area contributed by atoms with Crippen LogP contribution < -0.4 is 16.0 Å². The molecule has 0 bridgehead atoms. The molecule has 0 spiro atoms. The molecular formula is C30H44N4O3. The number of nitrogens with one attached hydrogen (secondary N) is 3. The van der Waals surface area contributed by atoms with Crippen LogP contribution >= 0.6 is 0 Å². The Bertz CT molecular complexity index is 987. The van der Waals surface area contributed by atoms with E-state index in [-0.39, 0.29) is 29.8 Å². The van der Waals surface area contributed by atoms with Crippen molar-refractivity contribution in [3.8, 4) is 0 Å². The van der Waals surface area contributed by atoms with E-state index in [0.29, 0.717) is 49.6 Å². The van der Waals surface area contributed by atoms with Gasteiger partial charge in [-0.2, -0.15) is 0 Å². The van der Waals surface area contributed by atoms with Crippen molar-refractivity contribution in [1.29, 1.82) is 0 Å². The van der Waals surface area contributed by atoms with Gasteiger partial charge in [-0.3, -0.25) is 14.4 Å². The van der Waals surface area contributed by atoms with E-state index in [0.717, 1.165) is 18.4 Å². The van der Waals surface area contributed by atoms with Crippen LogP contribution in [0.3, 0.4) is 0 Å². The molecule has 0 aromatic heterocycles. The summed E-state index contributed by atoms with van der Waals surface area (Å²) in [7, 11) is 0. The molecular weight excluding hydrogens is 464 g/mol. The van der Waals surface area contributed by atoms with Crippen LogP contribution in [-0.2, 0) is 4.79 Å². The Hall–Kier alpha value is -3.19. The lowest BCUT2D eigenvalue weighted by Gasteiger charge is -2.23. The lowest BCUT2D eigenvalue weighted by molar-refractivity contribution is -0.122. The monoisotopic (exact) mass is 508 g/mol. The Morgan fingerprint density at radius 2 is 1.51 bits per heavy atom. The van der Waals surface area contributed by atoms with Crippen LogP contribution in [0.15, 0.2) is 54.6 Å². The Morgan fingerprint density at radius 1 is 0.865 bits per heavy atom. The summed E-state index contributed by atoms with van der Waals surface area (Å²) < 4.78 is 0. The van der Waals surface area contributed by atoms with Crippen molar-refractivity contribution in [2.24, 2.45) is 5.92 Å². The van der Waals surface area contributed by atoms with Gasteiger partial charge in [0.15, 0.2) is 0 Å². The maximum atomic E-state index is 13.3. The highest BCUT2D eigenvalue weighted by Crippen LogP contribution is 2.18. The van der Waals surface area contributed by atoms with Crippen molar-refractivity contribution < 1.29 is 14.4 Å². The van der Waals surface area contributed by atoms with E-state index in [1.54, 1.807) is 24.3 Å². The van der Waals surface area contributed by atoms with E-state index in [2.05, 4.69) is 43.6 Å². The molecule has 1 unspecified atom stereocenters. The lowest BCUT2D eigenvalue weighted by atomic mass is 10.0. The van der Waals surface area contributed by atoms with E-state index < -0.39 is 0 Å². The van der Waals surface area contributed by atoms with Gasteiger partial charge in [0.25, 0.3) is 11.8 Å². The summed E-state index contributed by atoms with van der Waals surface area (Å²) in [6.07, 6.45) is 2.38. The first-order valence-corrected chi connectivity index (χ1v) is 13.5. The van der Waals surface area contributed by atoms with Crippen LogP contribution in [0.4, 0.5) is 0 Å². The molecule has 3 amide bonds. The predicted octanol–water partition coefficient (Wildman–Crippen LogP) is 4.56. The normalized spacial score (nSPS) is 12.6. The minimum Gasteiger partial charge on any atom is -0.354 e. The Kier molecular flexibility index (Phi) is 12.8. The number of benzene rings is 2. The van der Waals surface area contributed by atoms with E-state index in [1.807, 2.05) is 42.2 Å². The van der Waals surface area contributed by atoms with Crippen molar-refractivity contribution >= 4 is 17.7 Å². The van der Waals surface area contributed by atoms with Crippen molar-refractivity contribution in [3.05, 3.63) is 71.3 Å². The Morgan fingerprint density at radius 3 is 2.14 bits per heavy atom. The SMILES string of the molecule is CCCN(CCC)C(=O)c1cccc(C(=O)NC(CCN[C@@H](C)C(=O)NCC(C)C)c2ccccc2)c1. The smallest absolute Gasteiger partial charge is 0.253 e. The molecule has 2 aromatic rings. The number of nitrogens with zero attached hydrogens (tertiary/aromatic N) is 1. The summed E-state index contributed by atoms with van der Waals surface area (Å²) in [6.45, 7) is 12.7. The van der Waals surface area contributed by atoms with Gasteiger partial charge in [-0.1, -0.05) is 64.1 Å². The van der Waals surface area contributed by atoms with Crippen LogP contribution in [0.2, 0.25) is 0 Å². The molecule has 0 aliphatic heterocycles. The molecule has 0 saturated carbocycles. The van der Waals surface area contributed by atoms with Crippen LogP contribution in [0.1, 0.15) is 86.2 Å². The average Bonchev–Trinajstić information content (AvgIpc) is 2.90. The summed E-state index contributed by atoms with van der Waals surface area (Å²) in [5.41, 5.74) is 1.96. The van der Waals surface area contributed by atoms with Gasteiger partial charge in [0, 0.05) is 30.8 Å². The molecule has 7 heteroatoms. The zero-order chi connectivity index (χ0) is 27.2. The largest absolute Gasteiger partial charge is 0.354 e. The van der Waals surface area contributed by atoms with Gasteiger partial charge in [0.2, 0.25) is 5.91 Å². The number of hydrogen-bond acceptors (Lipinski definition) is 4. The van der Waals surface area contributed by atoms with Crippen LogP contribution in [0.5, 0.6) is 0 Å². The van der Waals surface area contributed by atoms with Gasteiger partial charge in [-0.05, 0) is 62.4 Å². The second kappa shape index (κ2) is 15.8. The lowest BCUT2D eigenvalue weighted by Crippen LogP contribution is -2.44. The van der Waals surface area contributed by atoms with E-state index >= 15 is 0 Å². The fourth-order valence-corrected chi connectivity index (χ4v) is 4.07. The summed E-state index contributed by atoms with van der Waals surface area (Å²) in [4.78, 5) is 40.4. The third-order valence-electron chi connectivity index (χ3n) is 6.11. The first kappa shape index (κ1) is 30.0. The van der Waals surface area contributed by atoms with E-state index in [1.165, 1.54) is 0 Å². The zero-order valence-corrected chi connectivity index (χ0v) is 23.0. The van der Waals surface area contributed by atoms with E-state index in [4.69, 9.17) is 0 Å². The van der Waals surface area contributed by atoms with Gasteiger partial charge in [0.05, 0.1) is 12.1 Å². The molecule has 0 aliphatic rings. The first-order chi connectivity index (χ1) is 17.8. The third-order valence-corrected chi connectivity index (χ3v) is 6.11. The highest BCUT2D eigenvalue weighted by Gasteiger charge is 2.20. The minimum absolute atomic E-state index is 0.0318. The minimum atomic E-state index is -0.331. The summed E-state index contributed by atoms with van der Waals surface area (Å²) in [6, 6.07) is 16.2. The van der Waals surface area contributed by atoms with Crippen LogP contribution in [0, 0.1) is 5.92 Å². The molecule has 0 heterocycles. The number of hydrogen-bond donors (Lipinski definition) is 3. The fourth-order valence-electron chi connectivity index (χ4n) is 4.07. The number of carbonyl (C=O) groups excluding carboxylic acids is 3. The molecule has 2 atom stereocenters. The molecule has 0 saturated heterocycles. The Balaban J connectivity index is 2.09. The van der Waals surface area contributed by atoms with Gasteiger partial charge in [-0.15, -0.1) is 0 Å². The maximum Gasteiger partial charge on any atom is 0.253 e. The summed E-state index contributed by atoms with van der Waals surface area (Å²) in [5.74, 6) is 0.0790. The summed E-state index contributed by atoms with van der Waals surface area (Å²) >= 11 is 0. The van der Waals surface area contributed by atoms with Crippen LogP contribution in [0.25, 0.3) is 0 Å². The number of rotatable bonds is 15. The fraction of sp³-hybridized carbons (Fsp3) is 0.500. The topological polar surface area (TPSA) is 90.5 Å². The zero-order valence-electron chi connectivity index (χ0n) is 23.0. The standard InChI is InChI=1S/C30H44N4O3/c1-6-18-34(19-7-2)30(37)26-15-11-14-25(20-26)29(36)33-27(24-12-9-8-10-13-24)16-17-31-23(5)28(35)32-21-22(3)4/h8-15,20,22-23,27,31H,6-7,16-19,21H2,1-5H3,(H,32,35)(H,33,36)/t23-,27?/m0/s1. The predicted molar refractivity (Wildman–Crippen MR) is 150 cm³/mol. The van der Waals surface area contributed by atoms with Gasteiger partial charge in [0.1, 0.15) is 0 Å². The van der Waals surface area contributed by atoms with Crippen molar-refractivity contribution in [1.82, 2.24) is 20.9 Å². The molecule has 0 radical (unpaired) electrons. The van der Waals surface area contributed by atoms with Crippen molar-refractivity contribution in [3.63, 3.8) is 0 Å². The first-order valence-electron chi connectivity index (χ1n) is 13.5. The third kappa shape index (κ3) is 10.00. The quantitative estimate of drug-likeness (QED) is 0.329. The molecule has 202 valence electrons. The van der Waals surface area contributed by atoms with Crippen molar-refractivity contribution in [2.75, 3.05) is 26.2 Å². The number of amides is 3. The second-order valence-corrected chi connectivity index (χ2v) is 9.91. The maximum absolute atomic E-state index is 13.3. The van der Waals surface area contributed by atoms with Gasteiger partial charge >= 0.3 is 0 Å². The van der Waals surface area contributed by atoms with E-state index in [9.17, 15) is 14.4 Å². The highest BCUT2D eigenvalue weighted by atomic mass is 16.2. The summed E-state index contributed by atoms with van der Waals surface area (Å²) in [5, 5.41) is 9.34. The average molecular weight is 509 g/mol. The van der Waals surface area contributed by atoms with Gasteiger partial charge < -0.3 is 20.9 Å². The highest BCUT2D eigenvalue weighted by molar-refractivity contribution is 5.99. The molecule has 0 aliphatic carbocycles. The van der Waals surface area contributed by atoms with Crippen molar-refractivity contribution in [2.45, 2.75) is 66.0 Å².